The number of imidazole rings is 1. The van der Waals surface area contributed by atoms with E-state index in [0.717, 1.165) is 18.9 Å². The Balaban J connectivity index is 1.98. The van der Waals surface area contributed by atoms with E-state index < -0.39 is 18.1 Å². The van der Waals surface area contributed by atoms with Crippen LogP contribution in [0.2, 0.25) is 0 Å². The van der Waals surface area contributed by atoms with E-state index in [1.807, 2.05) is 4.57 Å². The first-order valence-corrected chi connectivity index (χ1v) is 10.6. The molecule has 182 valence electrons. The van der Waals surface area contributed by atoms with Crippen molar-refractivity contribution < 1.29 is 41.7 Å². The number of fused-ring (bicyclic) bond motifs is 1. The number of rotatable bonds is 9. The highest BCUT2D eigenvalue weighted by Gasteiger charge is 2.33. The number of ether oxygens (including phenoxy) is 5. The second-order valence-corrected chi connectivity index (χ2v) is 7.42. The molecule has 1 aliphatic rings. The number of unbranched alkanes of at least 4 members (excludes halogenated alkanes) is 1. The molecule has 1 aromatic heterocycles. The zero-order valence-electron chi connectivity index (χ0n) is 18.7. The minimum atomic E-state index is -4.86. The second kappa shape index (κ2) is 10.9. The van der Waals surface area contributed by atoms with Crippen molar-refractivity contribution in [2.45, 2.75) is 45.2 Å². The lowest BCUT2D eigenvalue weighted by atomic mass is 10.2. The maximum atomic E-state index is 12.7. The largest absolute Gasteiger partial charge is 0.573 e. The number of methoxy groups -OCH3 is 2. The van der Waals surface area contributed by atoms with Gasteiger partial charge in [0.2, 0.25) is 0 Å². The first kappa shape index (κ1) is 24.8. The van der Waals surface area contributed by atoms with Crippen molar-refractivity contribution >= 4 is 5.97 Å². The van der Waals surface area contributed by atoms with E-state index in [2.05, 4.69) is 16.6 Å². The Hall–Kier alpha value is -2.79. The predicted octanol–water partition coefficient (Wildman–Crippen LogP) is 4.00. The van der Waals surface area contributed by atoms with Crippen LogP contribution in [0, 0.1) is 0 Å². The lowest BCUT2D eigenvalue weighted by Crippen LogP contribution is -2.25. The minimum Gasteiger partial charge on any atom is -0.493 e. The molecule has 0 radical (unpaired) electrons. The van der Waals surface area contributed by atoms with Gasteiger partial charge >= 0.3 is 12.3 Å². The lowest BCUT2D eigenvalue weighted by molar-refractivity contribution is -0.275. The number of alkyl halides is 3. The summed E-state index contributed by atoms with van der Waals surface area (Å²) in [6.07, 6.45) is -2.78. The van der Waals surface area contributed by atoms with E-state index in [4.69, 9.17) is 18.9 Å². The summed E-state index contributed by atoms with van der Waals surface area (Å²) in [4.78, 5) is 16.8. The summed E-state index contributed by atoms with van der Waals surface area (Å²) in [6, 6.07) is 3.97. The number of aromatic nitrogens is 2. The van der Waals surface area contributed by atoms with Crippen LogP contribution in [0.15, 0.2) is 18.2 Å². The standard InChI is InChI=1S/C22H27F3N2O6/c1-4-5-9-31-13-15-12-27-16(8-10-32-15)19(21(28)30-3)26-20(27)14-6-7-17(18(11-14)29-2)33-22(23,24)25/h6-7,11,15H,4-5,8-10,12-13H2,1-3H3/t15-/m0/s1. The molecule has 0 amide bonds. The molecule has 0 fully saturated rings. The fourth-order valence-electron chi connectivity index (χ4n) is 3.57. The predicted molar refractivity (Wildman–Crippen MR) is 111 cm³/mol. The van der Waals surface area contributed by atoms with Crippen molar-refractivity contribution in [2.75, 3.05) is 34.0 Å². The number of carbonyl (C=O) groups excluding carboxylic acids is 1. The van der Waals surface area contributed by atoms with Gasteiger partial charge in [0.1, 0.15) is 5.82 Å². The van der Waals surface area contributed by atoms with Crippen LogP contribution in [-0.4, -0.2) is 62.0 Å². The van der Waals surface area contributed by atoms with Crippen LogP contribution in [0.5, 0.6) is 11.5 Å². The highest BCUT2D eigenvalue weighted by atomic mass is 19.4. The molecule has 8 nitrogen and oxygen atoms in total. The molecular formula is C22H27F3N2O6. The van der Waals surface area contributed by atoms with Crippen LogP contribution < -0.4 is 9.47 Å². The third-order valence-electron chi connectivity index (χ3n) is 5.12. The van der Waals surface area contributed by atoms with Gasteiger partial charge in [-0.3, -0.25) is 0 Å². The monoisotopic (exact) mass is 472 g/mol. The molecule has 0 spiro atoms. The molecule has 1 aromatic carbocycles. The highest BCUT2D eigenvalue weighted by molar-refractivity contribution is 5.89. The quantitative estimate of drug-likeness (QED) is 0.403. The third kappa shape index (κ3) is 6.17. The Morgan fingerprint density at radius 2 is 2.06 bits per heavy atom. The highest BCUT2D eigenvalue weighted by Crippen LogP contribution is 2.36. The van der Waals surface area contributed by atoms with Gasteiger partial charge in [-0.25, -0.2) is 9.78 Å². The molecule has 0 bridgehead atoms. The Morgan fingerprint density at radius 3 is 2.73 bits per heavy atom. The van der Waals surface area contributed by atoms with E-state index in [1.165, 1.54) is 26.4 Å². The zero-order chi connectivity index (χ0) is 24.0. The molecule has 2 aromatic rings. The molecule has 1 aliphatic heterocycles. The van der Waals surface area contributed by atoms with Gasteiger partial charge in [-0.15, -0.1) is 13.2 Å². The van der Waals surface area contributed by atoms with Crippen LogP contribution in [0.4, 0.5) is 13.2 Å². The molecule has 2 heterocycles. The molecule has 3 rings (SSSR count). The number of hydrogen-bond donors (Lipinski definition) is 0. The smallest absolute Gasteiger partial charge is 0.493 e. The number of carbonyl (C=O) groups is 1. The van der Waals surface area contributed by atoms with Gasteiger partial charge in [0.25, 0.3) is 0 Å². The maximum Gasteiger partial charge on any atom is 0.573 e. The first-order chi connectivity index (χ1) is 15.8. The second-order valence-electron chi connectivity index (χ2n) is 7.42. The summed E-state index contributed by atoms with van der Waals surface area (Å²) in [5.41, 5.74) is 1.21. The van der Waals surface area contributed by atoms with Crippen LogP contribution >= 0.6 is 0 Å². The third-order valence-corrected chi connectivity index (χ3v) is 5.12. The van der Waals surface area contributed by atoms with Gasteiger partial charge in [-0.05, 0) is 24.6 Å². The fourth-order valence-corrected chi connectivity index (χ4v) is 3.57. The summed E-state index contributed by atoms with van der Waals surface area (Å²) in [5, 5.41) is 0. The summed E-state index contributed by atoms with van der Waals surface area (Å²) >= 11 is 0. The van der Waals surface area contributed by atoms with Crippen LogP contribution in [-0.2, 0) is 27.2 Å². The lowest BCUT2D eigenvalue weighted by Gasteiger charge is -2.18. The van der Waals surface area contributed by atoms with E-state index in [9.17, 15) is 18.0 Å². The van der Waals surface area contributed by atoms with E-state index in [-0.39, 0.29) is 17.5 Å². The Morgan fingerprint density at radius 1 is 1.27 bits per heavy atom. The summed E-state index contributed by atoms with van der Waals surface area (Å²) in [6.45, 7) is 3.77. The average molecular weight is 472 g/mol. The Labute approximate surface area is 189 Å². The van der Waals surface area contributed by atoms with Gasteiger partial charge < -0.3 is 28.3 Å². The van der Waals surface area contributed by atoms with Crippen LogP contribution in [0.1, 0.15) is 35.9 Å². The normalized spacial score (nSPS) is 16.1. The van der Waals surface area contributed by atoms with Crippen molar-refractivity contribution in [3.8, 4) is 22.9 Å². The molecule has 0 saturated carbocycles. The molecular weight excluding hydrogens is 445 g/mol. The maximum absolute atomic E-state index is 12.7. The minimum absolute atomic E-state index is 0.119. The molecule has 1 atom stereocenters. The van der Waals surface area contributed by atoms with Crippen molar-refractivity contribution in [2.24, 2.45) is 0 Å². The zero-order valence-corrected chi connectivity index (χ0v) is 18.7. The Bertz CT molecular complexity index is 960. The summed E-state index contributed by atoms with van der Waals surface area (Å²) < 4.78 is 65.6. The first-order valence-electron chi connectivity index (χ1n) is 10.6. The van der Waals surface area contributed by atoms with E-state index in [1.54, 1.807) is 0 Å². The van der Waals surface area contributed by atoms with E-state index >= 15 is 0 Å². The Kier molecular flexibility index (Phi) is 8.20. The molecule has 33 heavy (non-hydrogen) atoms. The van der Waals surface area contributed by atoms with Gasteiger partial charge in [0, 0.05) is 18.6 Å². The molecule has 0 unspecified atom stereocenters. The average Bonchev–Trinajstić information content (AvgIpc) is 2.99. The van der Waals surface area contributed by atoms with Gasteiger partial charge in [0.15, 0.2) is 17.2 Å². The van der Waals surface area contributed by atoms with Gasteiger partial charge in [-0.2, -0.15) is 0 Å². The van der Waals surface area contributed by atoms with Crippen molar-refractivity contribution in [1.29, 1.82) is 0 Å². The van der Waals surface area contributed by atoms with Crippen LogP contribution in [0.3, 0.4) is 0 Å². The molecule has 11 heteroatoms. The number of halogens is 3. The SMILES string of the molecule is CCCCOC[C@@H]1Cn2c(-c3ccc(OC(F)(F)F)c(OC)c3)nc(C(=O)OC)c2CCO1. The van der Waals surface area contributed by atoms with Crippen molar-refractivity contribution in [3.05, 3.63) is 29.6 Å². The summed E-state index contributed by atoms with van der Waals surface area (Å²) in [7, 11) is 2.50. The van der Waals surface area contributed by atoms with Gasteiger partial charge in [0.05, 0.1) is 45.8 Å². The molecule has 0 aliphatic carbocycles. The van der Waals surface area contributed by atoms with E-state index in [0.29, 0.717) is 49.9 Å². The number of esters is 1. The fraction of sp³-hybridized carbons (Fsp3) is 0.545. The molecule has 0 saturated heterocycles. The topological polar surface area (TPSA) is 81.0 Å². The molecule has 0 N–H and O–H groups in total. The number of benzene rings is 1. The van der Waals surface area contributed by atoms with Crippen molar-refractivity contribution in [1.82, 2.24) is 9.55 Å². The number of hydrogen-bond acceptors (Lipinski definition) is 7. The van der Waals surface area contributed by atoms with Crippen LogP contribution in [0.25, 0.3) is 11.4 Å². The summed E-state index contributed by atoms with van der Waals surface area (Å²) in [5.74, 6) is -0.820. The van der Waals surface area contributed by atoms with Crippen molar-refractivity contribution in [3.63, 3.8) is 0 Å². The number of nitrogens with zero attached hydrogens (tertiary/aromatic N) is 2. The van der Waals surface area contributed by atoms with Gasteiger partial charge in [-0.1, -0.05) is 13.3 Å².